The lowest BCUT2D eigenvalue weighted by atomic mass is 10.0. The maximum Gasteiger partial charge on any atom is 0.121 e. The zero-order valence-corrected chi connectivity index (χ0v) is 18.5. The van der Waals surface area contributed by atoms with Crippen LogP contribution in [0.3, 0.4) is 0 Å². The molecule has 1 atom stereocenters. The number of nitrogens with zero attached hydrogens (tertiary/aromatic N) is 1. The van der Waals surface area contributed by atoms with Gasteiger partial charge in [-0.05, 0) is 26.7 Å². The van der Waals surface area contributed by atoms with E-state index in [1.54, 1.807) is 5.01 Å². The second-order valence-electron chi connectivity index (χ2n) is 8.70. The van der Waals surface area contributed by atoms with Crippen molar-refractivity contribution >= 4 is 0 Å². The van der Waals surface area contributed by atoms with Gasteiger partial charge in [0.15, 0.2) is 0 Å². The Labute approximate surface area is 168 Å². The molecule has 0 amide bonds. The predicted octanol–water partition coefficient (Wildman–Crippen LogP) is 5.97. The molecule has 160 valence electrons. The van der Waals surface area contributed by atoms with E-state index in [9.17, 15) is 5.11 Å². The molecule has 0 aromatic carbocycles. The van der Waals surface area contributed by atoms with Crippen LogP contribution in [0.5, 0.6) is 0 Å². The molecule has 1 unspecified atom stereocenters. The van der Waals surface area contributed by atoms with E-state index in [1.165, 1.54) is 96.3 Å². The average molecular weight is 382 g/mol. The Morgan fingerprint density at radius 1 is 0.815 bits per heavy atom. The number of allylic oxidation sites excluding steroid dienone is 1. The Balaban J connectivity index is 1.89. The van der Waals surface area contributed by atoms with Gasteiger partial charge in [0.25, 0.3) is 0 Å². The van der Waals surface area contributed by atoms with Crippen LogP contribution in [-0.2, 0) is 0 Å². The van der Waals surface area contributed by atoms with Gasteiger partial charge in [0, 0.05) is 5.70 Å². The fourth-order valence-corrected chi connectivity index (χ4v) is 4.23. The predicted molar refractivity (Wildman–Crippen MR) is 117 cm³/mol. The molecule has 0 radical (unpaired) electrons. The molecular formula is C23H47N3O. The smallest absolute Gasteiger partial charge is 0.121 e. The lowest BCUT2D eigenvalue weighted by Crippen LogP contribution is -2.53. The molecule has 27 heavy (non-hydrogen) atoms. The van der Waals surface area contributed by atoms with Gasteiger partial charge < -0.3 is 10.4 Å². The van der Waals surface area contributed by atoms with E-state index in [2.05, 4.69) is 19.2 Å². The molecule has 4 nitrogen and oxygen atoms in total. The molecule has 1 rings (SSSR count). The molecule has 0 saturated carbocycles. The summed E-state index contributed by atoms with van der Waals surface area (Å²) in [6, 6.07) is 0. The first-order valence-corrected chi connectivity index (χ1v) is 11.7. The van der Waals surface area contributed by atoms with Crippen LogP contribution in [0, 0.1) is 0 Å². The fourth-order valence-electron chi connectivity index (χ4n) is 4.23. The Kier molecular flexibility index (Phi) is 12.9. The third kappa shape index (κ3) is 9.34. The monoisotopic (exact) mass is 381 g/mol. The van der Waals surface area contributed by atoms with Crippen LogP contribution < -0.4 is 11.2 Å². The zero-order valence-electron chi connectivity index (χ0n) is 18.5. The van der Waals surface area contributed by atoms with E-state index in [0.717, 1.165) is 17.8 Å². The largest absolute Gasteiger partial charge is 0.390 e. The number of aliphatic hydroxyl groups is 1. The van der Waals surface area contributed by atoms with Crippen LogP contribution in [0.15, 0.2) is 11.4 Å². The average Bonchev–Trinajstić information content (AvgIpc) is 2.86. The van der Waals surface area contributed by atoms with Gasteiger partial charge >= 0.3 is 0 Å². The molecule has 0 bridgehead atoms. The second-order valence-corrected chi connectivity index (χ2v) is 8.70. The second kappa shape index (κ2) is 14.3. The van der Waals surface area contributed by atoms with Crippen molar-refractivity contribution in [2.45, 2.75) is 129 Å². The van der Waals surface area contributed by atoms with Crippen molar-refractivity contribution in [1.82, 2.24) is 10.3 Å². The number of hydrogen-bond donors (Lipinski definition) is 3. The topological polar surface area (TPSA) is 61.5 Å². The standard InChI is InChI=1S/C23H47N3O/c1-4-5-6-7-8-9-10-11-12-13-14-15-16-17-18-19-23(3)25-21(2)22(20-27)26(23)24/h25,27H,4-20,24H2,1-3H3. The Morgan fingerprint density at radius 3 is 1.59 bits per heavy atom. The summed E-state index contributed by atoms with van der Waals surface area (Å²) in [5, 5.41) is 14.6. The van der Waals surface area contributed by atoms with Crippen molar-refractivity contribution in [1.29, 1.82) is 0 Å². The van der Waals surface area contributed by atoms with Crippen LogP contribution in [0.1, 0.15) is 124 Å². The molecule has 1 aliphatic rings. The van der Waals surface area contributed by atoms with Gasteiger partial charge in [0.1, 0.15) is 5.66 Å². The van der Waals surface area contributed by atoms with Crippen molar-refractivity contribution in [2.75, 3.05) is 6.61 Å². The van der Waals surface area contributed by atoms with Gasteiger partial charge in [-0.15, -0.1) is 0 Å². The number of hydrazine groups is 1. The summed E-state index contributed by atoms with van der Waals surface area (Å²) >= 11 is 0. The van der Waals surface area contributed by atoms with Gasteiger partial charge in [-0.3, -0.25) is 5.01 Å². The summed E-state index contributed by atoms with van der Waals surface area (Å²) in [5.41, 5.74) is 1.58. The molecule has 0 fully saturated rings. The molecule has 4 N–H and O–H groups in total. The quantitative estimate of drug-likeness (QED) is 0.215. The highest BCUT2D eigenvalue weighted by molar-refractivity contribution is 5.20. The highest BCUT2D eigenvalue weighted by Gasteiger charge is 2.37. The van der Waals surface area contributed by atoms with E-state index in [-0.39, 0.29) is 12.3 Å². The minimum Gasteiger partial charge on any atom is -0.390 e. The van der Waals surface area contributed by atoms with E-state index in [1.807, 2.05) is 6.92 Å². The van der Waals surface area contributed by atoms with Gasteiger partial charge in [0.05, 0.1) is 12.3 Å². The molecule has 1 heterocycles. The van der Waals surface area contributed by atoms with E-state index >= 15 is 0 Å². The lowest BCUT2D eigenvalue weighted by Gasteiger charge is -2.35. The first-order valence-electron chi connectivity index (χ1n) is 11.7. The third-order valence-electron chi connectivity index (χ3n) is 6.13. The summed E-state index contributed by atoms with van der Waals surface area (Å²) in [6.45, 7) is 6.41. The van der Waals surface area contributed by atoms with E-state index in [4.69, 9.17) is 5.84 Å². The molecular weight excluding hydrogens is 334 g/mol. The summed E-state index contributed by atoms with van der Waals surface area (Å²) in [6.07, 6.45) is 21.8. The van der Waals surface area contributed by atoms with E-state index in [0.29, 0.717) is 0 Å². The van der Waals surface area contributed by atoms with Gasteiger partial charge in [-0.25, -0.2) is 5.84 Å². The molecule has 0 aromatic heterocycles. The maximum absolute atomic E-state index is 9.42. The number of hydrogen-bond acceptors (Lipinski definition) is 4. The van der Waals surface area contributed by atoms with Crippen LogP contribution in [0.25, 0.3) is 0 Å². The van der Waals surface area contributed by atoms with Crippen molar-refractivity contribution in [3.05, 3.63) is 11.4 Å². The van der Waals surface area contributed by atoms with Crippen molar-refractivity contribution in [3.63, 3.8) is 0 Å². The van der Waals surface area contributed by atoms with Crippen molar-refractivity contribution in [3.8, 4) is 0 Å². The number of nitrogens with one attached hydrogen (secondary N) is 1. The molecule has 0 aromatic rings. The van der Waals surface area contributed by atoms with E-state index < -0.39 is 0 Å². The normalized spacial score (nSPS) is 19.8. The first-order chi connectivity index (χ1) is 13.0. The van der Waals surface area contributed by atoms with Crippen LogP contribution in [-0.4, -0.2) is 22.4 Å². The molecule has 0 saturated heterocycles. The highest BCUT2D eigenvalue weighted by atomic mass is 16.3. The summed E-state index contributed by atoms with van der Waals surface area (Å²) in [4.78, 5) is 0. The van der Waals surface area contributed by atoms with Crippen molar-refractivity contribution < 1.29 is 5.11 Å². The number of rotatable bonds is 17. The minimum absolute atomic E-state index is 0.00375. The Bertz CT molecular complexity index is 410. The summed E-state index contributed by atoms with van der Waals surface area (Å²) in [5.74, 6) is 6.17. The summed E-state index contributed by atoms with van der Waals surface area (Å²) in [7, 11) is 0. The number of aliphatic hydroxyl groups excluding tert-OH is 1. The van der Waals surface area contributed by atoms with Gasteiger partial charge in [-0.2, -0.15) is 0 Å². The Morgan fingerprint density at radius 2 is 1.22 bits per heavy atom. The Hall–Kier alpha value is -0.740. The lowest BCUT2D eigenvalue weighted by molar-refractivity contribution is 0.118. The zero-order chi connectivity index (χ0) is 20.0. The van der Waals surface area contributed by atoms with Crippen LogP contribution >= 0.6 is 0 Å². The summed E-state index contributed by atoms with van der Waals surface area (Å²) < 4.78 is 0. The fraction of sp³-hybridized carbons (Fsp3) is 0.913. The first kappa shape index (κ1) is 24.3. The van der Waals surface area contributed by atoms with Gasteiger partial charge in [0.2, 0.25) is 0 Å². The van der Waals surface area contributed by atoms with Gasteiger partial charge in [-0.1, -0.05) is 96.8 Å². The molecule has 0 aliphatic carbocycles. The number of unbranched alkanes of at least 4 members (excludes halogenated alkanes) is 14. The third-order valence-corrected chi connectivity index (χ3v) is 6.13. The van der Waals surface area contributed by atoms with Crippen LogP contribution in [0.4, 0.5) is 0 Å². The highest BCUT2D eigenvalue weighted by Crippen LogP contribution is 2.29. The van der Waals surface area contributed by atoms with Crippen LogP contribution in [0.2, 0.25) is 0 Å². The molecule has 4 heteroatoms. The SMILES string of the molecule is CCCCCCCCCCCCCCCCCC1(C)NC(C)=C(CO)N1N. The minimum atomic E-state index is -0.237. The van der Waals surface area contributed by atoms with Crippen molar-refractivity contribution in [2.24, 2.45) is 5.84 Å². The molecule has 0 spiro atoms. The molecule has 1 aliphatic heterocycles. The maximum atomic E-state index is 9.42. The number of nitrogens with two attached hydrogens (primary N) is 1.